The highest BCUT2D eigenvalue weighted by molar-refractivity contribution is 7.89. The molecule has 0 radical (unpaired) electrons. The number of rotatable bonds is 4. The second kappa shape index (κ2) is 8.31. The molecule has 1 saturated carbocycles. The molecule has 0 aromatic heterocycles. The molecule has 8 nitrogen and oxygen atoms in total. The Balaban J connectivity index is 1.52. The Kier molecular flexibility index (Phi) is 5.78. The van der Waals surface area contributed by atoms with Crippen LogP contribution in [0.3, 0.4) is 0 Å². The van der Waals surface area contributed by atoms with Gasteiger partial charge in [0.25, 0.3) is 5.91 Å². The van der Waals surface area contributed by atoms with E-state index in [9.17, 15) is 18.0 Å². The Bertz CT molecular complexity index is 893. The molecule has 2 aliphatic heterocycles. The minimum atomic E-state index is -3.87. The normalized spacial score (nSPS) is 23.6. The second-order valence-corrected chi connectivity index (χ2v) is 9.86. The largest absolute Gasteiger partial charge is 0.482 e. The molecule has 1 aromatic carbocycles. The van der Waals surface area contributed by atoms with E-state index in [0.717, 1.165) is 25.7 Å². The molecule has 2 N–H and O–H groups in total. The van der Waals surface area contributed by atoms with Crippen molar-refractivity contribution in [2.24, 2.45) is 0 Å². The number of fused-ring (bicyclic) bond motifs is 1. The van der Waals surface area contributed by atoms with E-state index in [-0.39, 0.29) is 29.4 Å². The average molecular weight is 422 g/mol. The SMILES string of the molecule is O=C1COc2ccc(S(=O)(=O)N3CCC[C@H]3C(=O)NC3CCCCCC3)cc2N1. The maximum Gasteiger partial charge on any atom is 0.262 e. The highest BCUT2D eigenvalue weighted by Gasteiger charge is 2.40. The molecule has 1 saturated heterocycles. The molecule has 2 heterocycles. The number of carbonyl (C=O) groups is 2. The molecule has 1 aromatic rings. The summed E-state index contributed by atoms with van der Waals surface area (Å²) in [5, 5.41) is 5.72. The van der Waals surface area contributed by atoms with Crippen LogP contribution in [0.25, 0.3) is 0 Å². The van der Waals surface area contributed by atoms with Gasteiger partial charge in [-0.05, 0) is 43.9 Å². The van der Waals surface area contributed by atoms with Gasteiger partial charge in [0.2, 0.25) is 15.9 Å². The first-order valence-electron chi connectivity index (χ1n) is 10.3. The molecule has 1 atom stereocenters. The van der Waals surface area contributed by atoms with Crippen LogP contribution in [0.4, 0.5) is 5.69 Å². The number of anilines is 1. The Morgan fingerprint density at radius 2 is 1.86 bits per heavy atom. The van der Waals surface area contributed by atoms with Crippen molar-refractivity contribution in [3.05, 3.63) is 18.2 Å². The van der Waals surface area contributed by atoms with Gasteiger partial charge in [0.15, 0.2) is 6.61 Å². The van der Waals surface area contributed by atoms with Crippen LogP contribution in [0, 0.1) is 0 Å². The Morgan fingerprint density at radius 1 is 1.10 bits per heavy atom. The van der Waals surface area contributed by atoms with Gasteiger partial charge in [0, 0.05) is 12.6 Å². The second-order valence-electron chi connectivity index (χ2n) is 7.97. The van der Waals surface area contributed by atoms with Crippen LogP contribution < -0.4 is 15.4 Å². The van der Waals surface area contributed by atoms with Crippen LogP contribution >= 0.6 is 0 Å². The summed E-state index contributed by atoms with van der Waals surface area (Å²) in [6.45, 7) is 0.222. The number of hydrogen-bond donors (Lipinski definition) is 2. The van der Waals surface area contributed by atoms with Gasteiger partial charge >= 0.3 is 0 Å². The maximum absolute atomic E-state index is 13.3. The number of nitrogens with one attached hydrogen (secondary N) is 2. The van der Waals surface area contributed by atoms with Gasteiger partial charge in [0.05, 0.1) is 10.6 Å². The monoisotopic (exact) mass is 421 g/mol. The molecule has 0 spiro atoms. The van der Waals surface area contributed by atoms with Crippen molar-refractivity contribution >= 4 is 27.5 Å². The number of amides is 2. The average Bonchev–Trinajstić information content (AvgIpc) is 3.08. The highest BCUT2D eigenvalue weighted by atomic mass is 32.2. The van der Waals surface area contributed by atoms with Crippen molar-refractivity contribution in [2.45, 2.75) is 68.3 Å². The summed E-state index contributed by atoms with van der Waals surface area (Å²) in [4.78, 5) is 24.5. The van der Waals surface area contributed by atoms with E-state index in [1.165, 1.54) is 29.3 Å². The van der Waals surface area contributed by atoms with E-state index in [0.29, 0.717) is 30.8 Å². The van der Waals surface area contributed by atoms with Gasteiger partial charge in [-0.1, -0.05) is 25.7 Å². The molecule has 3 aliphatic rings. The van der Waals surface area contributed by atoms with Crippen LogP contribution in [0.1, 0.15) is 51.4 Å². The standard InChI is InChI=1S/C20H27N3O5S/c24-19-13-28-18-10-9-15(12-16(18)22-19)29(26,27)23-11-5-8-17(23)20(25)21-14-6-3-1-2-4-7-14/h9-10,12,14,17H,1-8,11,13H2,(H,21,25)(H,22,24)/t17-/m0/s1. The summed E-state index contributed by atoms with van der Waals surface area (Å²) < 4.78 is 33.1. The van der Waals surface area contributed by atoms with E-state index in [2.05, 4.69) is 10.6 Å². The number of benzene rings is 1. The lowest BCUT2D eigenvalue weighted by atomic mass is 10.1. The first kappa shape index (κ1) is 20.2. The Morgan fingerprint density at radius 3 is 2.62 bits per heavy atom. The van der Waals surface area contributed by atoms with Crippen molar-refractivity contribution in [1.82, 2.24) is 9.62 Å². The molecule has 158 valence electrons. The van der Waals surface area contributed by atoms with Gasteiger partial charge in [-0.2, -0.15) is 4.31 Å². The number of nitrogens with zero attached hydrogens (tertiary/aromatic N) is 1. The molecule has 9 heteroatoms. The lowest BCUT2D eigenvalue weighted by Gasteiger charge is -2.26. The van der Waals surface area contributed by atoms with E-state index >= 15 is 0 Å². The molecule has 0 unspecified atom stereocenters. The number of hydrogen-bond acceptors (Lipinski definition) is 5. The Hall–Kier alpha value is -2.13. The predicted molar refractivity (Wildman–Crippen MR) is 107 cm³/mol. The zero-order valence-corrected chi connectivity index (χ0v) is 17.2. The molecular weight excluding hydrogens is 394 g/mol. The summed E-state index contributed by atoms with van der Waals surface area (Å²) in [6, 6.07) is 3.85. The van der Waals surface area contributed by atoms with E-state index in [4.69, 9.17) is 4.74 Å². The van der Waals surface area contributed by atoms with Crippen LogP contribution in [-0.2, 0) is 19.6 Å². The summed E-state index contributed by atoms with van der Waals surface area (Å²) in [5.41, 5.74) is 0.334. The fourth-order valence-corrected chi connectivity index (χ4v) is 6.05. The van der Waals surface area contributed by atoms with Crippen LogP contribution in [0.5, 0.6) is 5.75 Å². The van der Waals surface area contributed by atoms with Crippen molar-refractivity contribution in [3.8, 4) is 5.75 Å². The van der Waals surface area contributed by atoms with Crippen LogP contribution in [0.2, 0.25) is 0 Å². The fourth-order valence-electron chi connectivity index (χ4n) is 4.37. The number of sulfonamides is 1. The lowest BCUT2D eigenvalue weighted by molar-refractivity contribution is -0.125. The van der Waals surface area contributed by atoms with E-state index in [1.54, 1.807) is 6.07 Å². The summed E-state index contributed by atoms with van der Waals surface area (Å²) >= 11 is 0. The summed E-state index contributed by atoms with van der Waals surface area (Å²) in [6.07, 6.45) is 7.64. The smallest absolute Gasteiger partial charge is 0.262 e. The molecule has 4 rings (SSSR count). The third-order valence-electron chi connectivity index (χ3n) is 5.90. The lowest BCUT2D eigenvalue weighted by Crippen LogP contribution is -2.48. The van der Waals surface area contributed by atoms with Gasteiger partial charge in [-0.15, -0.1) is 0 Å². The molecule has 2 fully saturated rings. The zero-order valence-electron chi connectivity index (χ0n) is 16.4. The van der Waals surface area contributed by atoms with Crippen LogP contribution in [-0.4, -0.2) is 49.8 Å². The first-order chi connectivity index (χ1) is 13.9. The predicted octanol–water partition coefficient (Wildman–Crippen LogP) is 2.01. The van der Waals surface area contributed by atoms with Crippen molar-refractivity contribution in [3.63, 3.8) is 0 Å². The van der Waals surface area contributed by atoms with E-state index < -0.39 is 16.1 Å². The van der Waals surface area contributed by atoms with Gasteiger partial charge in [0.1, 0.15) is 11.8 Å². The van der Waals surface area contributed by atoms with Crippen LogP contribution in [0.15, 0.2) is 23.1 Å². The molecule has 0 bridgehead atoms. The van der Waals surface area contributed by atoms with Gasteiger partial charge in [-0.3, -0.25) is 9.59 Å². The summed E-state index contributed by atoms with van der Waals surface area (Å²) in [5.74, 6) is -0.0888. The number of ether oxygens (including phenoxy) is 1. The van der Waals surface area contributed by atoms with Crippen molar-refractivity contribution < 1.29 is 22.7 Å². The fraction of sp³-hybridized carbons (Fsp3) is 0.600. The first-order valence-corrected chi connectivity index (χ1v) is 11.8. The summed E-state index contributed by atoms with van der Waals surface area (Å²) in [7, 11) is -3.87. The van der Waals surface area contributed by atoms with Gasteiger partial charge in [-0.25, -0.2) is 8.42 Å². The Labute approximate surface area is 171 Å². The zero-order chi connectivity index (χ0) is 20.4. The molecule has 29 heavy (non-hydrogen) atoms. The topological polar surface area (TPSA) is 105 Å². The maximum atomic E-state index is 13.3. The third kappa shape index (κ3) is 4.25. The quantitative estimate of drug-likeness (QED) is 0.724. The van der Waals surface area contributed by atoms with Gasteiger partial charge < -0.3 is 15.4 Å². The van der Waals surface area contributed by atoms with E-state index in [1.807, 2.05) is 0 Å². The number of carbonyl (C=O) groups excluding carboxylic acids is 2. The molecular formula is C20H27N3O5S. The highest BCUT2D eigenvalue weighted by Crippen LogP contribution is 2.33. The minimum Gasteiger partial charge on any atom is -0.482 e. The molecule has 1 aliphatic carbocycles. The molecule has 2 amide bonds. The third-order valence-corrected chi connectivity index (χ3v) is 7.80. The van der Waals surface area contributed by atoms with Crippen molar-refractivity contribution in [2.75, 3.05) is 18.5 Å². The minimum absolute atomic E-state index is 0.0521. The van der Waals surface area contributed by atoms with Crippen molar-refractivity contribution in [1.29, 1.82) is 0 Å².